The number of nitrogens with zero attached hydrogens (tertiary/aromatic N) is 2. The van der Waals surface area contributed by atoms with E-state index in [4.69, 9.17) is 0 Å². The third-order valence-electron chi connectivity index (χ3n) is 4.91. The number of thiophene rings is 1. The highest BCUT2D eigenvalue weighted by Crippen LogP contribution is 2.46. The zero-order valence-electron chi connectivity index (χ0n) is 15.6. The van der Waals surface area contributed by atoms with Crippen molar-refractivity contribution in [3.63, 3.8) is 0 Å². The van der Waals surface area contributed by atoms with E-state index < -0.39 is 0 Å². The lowest BCUT2D eigenvalue weighted by Crippen LogP contribution is -2.28. The molecule has 0 aliphatic carbocycles. The Morgan fingerprint density at radius 1 is 1.00 bits per heavy atom. The molecule has 0 saturated carbocycles. The van der Waals surface area contributed by atoms with Crippen LogP contribution in [-0.2, 0) is 7.05 Å². The van der Waals surface area contributed by atoms with Gasteiger partial charge in [-0.25, -0.2) is 0 Å². The molecule has 0 N–H and O–H groups in total. The molecule has 2 nitrogen and oxygen atoms in total. The minimum absolute atomic E-state index is 1.25. The molecule has 1 aliphatic rings. The van der Waals surface area contributed by atoms with E-state index in [0.717, 1.165) is 0 Å². The average molecular weight is 420 g/mol. The van der Waals surface area contributed by atoms with Crippen LogP contribution in [0.5, 0.6) is 0 Å². The number of aryl methyl sites for hydroxylation is 1. The molecule has 4 aromatic rings. The Morgan fingerprint density at radius 2 is 1.82 bits per heavy atom. The fourth-order valence-corrected chi connectivity index (χ4v) is 6.31. The lowest BCUT2D eigenvalue weighted by atomic mass is 10.2. The first-order valence-corrected chi connectivity index (χ1v) is 11.6. The summed E-state index contributed by atoms with van der Waals surface area (Å²) in [5, 5.41) is 4.65. The van der Waals surface area contributed by atoms with E-state index in [2.05, 4.69) is 102 Å². The number of thioether (sulfide) groups is 1. The van der Waals surface area contributed by atoms with Gasteiger partial charge >= 0.3 is 0 Å². The van der Waals surface area contributed by atoms with Crippen LogP contribution in [0.2, 0.25) is 0 Å². The zero-order valence-corrected chi connectivity index (χ0v) is 18.1. The Hall–Kier alpha value is -2.34. The summed E-state index contributed by atoms with van der Waals surface area (Å²) in [4.78, 5) is 4.89. The van der Waals surface area contributed by atoms with E-state index in [1.54, 1.807) is 11.3 Å². The van der Waals surface area contributed by atoms with Gasteiger partial charge in [0, 0.05) is 34.5 Å². The quantitative estimate of drug-likeness (QED) is 0.354. The number of aromatic nitrogens is 1. The molecule has 0 radical (unpaired) electrons. The van der Waals surface area contributed by atoms with Gasteiger partial charge in [0.15, 0.2) is 0 Å². The molecule has 1 aliphatic heterocycles. The molecule has 0 spiro atoms. The molecule has 0 unspecified atom stereocenters. The number of thiazole rings is 1. The third kappa shape index (κ3) is 3.09. The second-order valence-corrected chi connectivity index (χ2v) is 9.73. The molecule has 138 valence electrons. The first-order valence-electron chi connectivity index (χ1n) is 9.06. The first kappa shape index (κ1) is 17.7. The summed E-state index contributed by atoms with van der Waals surface area (Å²) in [6, 6.07) is 21.5. The van der Waals surface area contributed by atoms with E-state index in [0.29, 0.717) is 0 Å². The third-order valence-corrected chi connectivity index (χ3v) is 8.16. The van der Waals surface area contributed by atoms with Gasteiger partial charge in [0.05, 0.1) is 10.7 Å². The highest BCUT2D eigenvalue weighted by atomic mass is 32.2. The fraction of sp³-hybridized carbons (Fsp3) is 0.0870. The molecule has 0 amide bonds. The van der Waals surface area contributed by atoms with Gasteiger partial charge in [0.1, 0.15) is 11.7 Å². The Labute approximate surface area is 177 Å². The summed E-state index contributed by atoms with van der Waals surface area (Å²) in [5.41, 5.74) is 3.80. The maximum absolute atomic E-state index is 2.32. The van der Waals surface area contributed by atoms with Gasteiger partial charge in [0.25, 0.3) is 5.01 Å². The number of hydrogen-bond acceptors (Lipinski definition) is 4. The van der Waals surface area contributed by atoms with Crippen molar-refractivity contribution in [3.8, 4) is 0 Å². The lowest BCUT2D eigenvalue weighted by Gasteiger charge is -2.13. The van der Waals surface area contributed by atoms with E-state index >= 15 is 0 Å². The molecule has 2 aromatic carbocycles. The number of fused-ring (bicyclic) bond motifs is 2. The number of benzene rings is 2. The summed E-state index contributed by atoms with van der Waals surface area (Å²) in [6.07, 6.45) is 4.64. The molecule has 5 rings (SSSR count). The Bertz CT molecular complexity index is 1220. The summed E-state index contributed by atoms with van der Waals surface area (Å²) >= 11 is 5.46. The molecular weight excluding hydrogens is 400 g/mol. The first-order chi connectivity index (χ1) is 13.7. The largest absolute Gasteiger partial charge is 0.338 e. The summed E-state index contributed by atoms with van der Waals surface area (Å²) in [6.45, 7) is 0. The number of hydrogen-bond donors (Lipinski definition) is 0. The average Bonchev–Trinajstić information content (AvgIpc) is 3.42. The second-order valence-electron chi connectivity index (χ2n) is 6.66. The van der Waals surface area contributed by atoms with Gasteiger partial charge in [0.2, 0.25) is 5.52 Å². The van der Waals surface area contributed by atoms with Crippen molar-refractivity contribution in [3.05, 3.63) is 87.0 Å². The molecule has 0 bridgehead atoms. The SMILES string of the molecule is CN1C(=CC(=Cc2sc3ccccc3[n+]2C)c2cccs2)Sc2ccccc21. The minimum Gasteiger partial charge on any atom is -0.338 e. The maximum Gasteiger partial charge on any atom is 0.263 e. The topological polar surface area (TPSA) is 7.12 Å². The van der Waals surface area contributed by atoms with Crippen LogP contribution in [0.4, 0.5) is 5.69 Å². The Morgan fingerprint density at radius 3 is 2.61 bits per heavy atom. The highest BCUT2D eigenvalue weighted by Gasteiger charge is 2.22. The van der Waals surface area contributed by atoms with Crippen LogP contribution in [0.3, 0.4) is 0 Å². The molecule has 0 fully saturated rings. The maximum atomic E-state index is 2.32. The van der Waals surface area contributed by atoms with Gasteiger partial charge in [-0.05, 0) is 35.7 Å². The molecule has 5 heteroatoms. The van der Waals surface area contributed by atoms with Gasteiger partial charge < -0.3 is 4.90 Å². The van der Waals surface area contributed by atoms with Crippen LogP contribution in [-0.4, -0.2) is 7.05 Å². The number of anilines is 1. The Kier molecular flexibility index (Phi) is 4.59. The monoisotopic (exact) mass is 419 g/mol. The molecular formula is C23H19N2S3+. The van der Waals surface area contributed by atoms with Crippen molar-refractivity contribution in [2.45, 2.75) is 4.90 Å². The molecule has 0 atom stereocenters. The number of para-hydroxylation sites is 2. The highest BCUT2D eigenvalue weighted by molar-refractivity contribution is 8.03. The van der Waals surface area contributed by atoms with Crippen LogP contribution >= 0.6 is 34.4 Å². The molecule has 28 heavy (non-hydrogen) atoms. The molecule has 0 saturated heterocycles. The molecule has 2 aromatic heterocycles. The number of allylic oxidation sites excluding steroid dienone is 2. The van der Waals surface area contributed by atoms with E-state index in [-0.39, 0.29) is 0 Å². The van der Waals surface area contributed by atoms with Crippen molar-refractivity contribution in [1.29, 1.82) is 0 Å². The van der Waals surface area contributed by atoms with Crippen LogP contribution in [0.1, 0.15) is 9.88 Å². The predicted octanol–water partition coefficient (Wildman–Crippen LogP) is 6.41. The van der Waals surface area contributed by atoms with E-state index in [1.165, 1.54) is 41.3 Å². The second kappa shape index (κ2) is 7.24. The predicted molar refractivity (Wildman–Crippen MR) is 124 cm³/mol. The summed E-state index contributed by atoms with van der Waals surface area (Å²) in [7, 11) is 4.30. The van der Waals surface area contributed by atoms with Crippen molar-refractivity contribution < 1.29 is 4.57 Å². The van der Waals surface area contributed by atoms with Crippen LogP contribution in [0, 0.1) is 0 Å². The molecule has 3 heterocycles. The summed E-state index contributed by atoms with van der Waals surface area (Å²) in [5.74, 6) is 0. The van der Waals surface area contributed by atoms with Crippen LogP contribution in [0.25, 0.3) is 21.9 Å². The van der Waals surface area contributed by atoms with Crippen LogP contribution < -0.4 is 9.47 Å². The van der Waals surface area contributed by atoms with Gasteiger partial charge in [-0.2, -0.15) is 4.57 Å². The summed E-state index contributed by atoms with van der Waals surface area (Å²) < 4.78 is 3.60. The normalized spacial score (nSPS) is 15.6. The number of rotatable bonds is 3. The van der Waals surface area contributed by atoms with E-state index in [9.17, 15) is 0 Å². The minimum atomic E-state index is 1.25. The fourth-order valence-electron chi connectivity index (χ4n) is 3.39. The smallest absolute Gasteiger partial charge is 0.263 e. The van der Waals surface area contributed by atoms with Crippen molar-refractivity contribution in [1.82, 2.24) is 0 Å². The van der Waals surface area contributed by atoms with Crippen molar-refractivity contribution in [2.24, 2.45) is 7.05 Å². The van der Waals surface area contributed by atoms with Gasteiger partial charge in [-0.1, -0.05) is 53.4 Å². The zero-order chi connectivity index (χ0) is 19.1. The van der Waals surface area contributed by atoms with E-state index in [1.807, 2.05) is 23.1 Å². The Balaban J connectivity index is 1.62. The van der Waals surface area contributed by atoms with Crippen LogP contribution in [0.15, 0.2) is 82.0 Å². The lowest BCUT2D eigenvalue weighted by molar-refractivity contribution is -0.642. The van der Waals surface area contributed by atoms with Gasteiger partial charge in [-0.3, -0.25) is 0 Å². The van der Waals surface area contributed by atoms with Crippen molar-refractivity contribution in [2.75, 3.05) is 11.9 Å². The standard InChI is InChI=1S/C23H19N2S3/c1-24-17-8-3-5-10-20(17)27-22(24)14-16(19-12-7-13-26-19)15-23-25(2)18-9-4-6-11-21(18)28-23/h3-15H,1-2H3/q+1. The van der Waals surface area contributed by atoms with Gasteiger partial charge in [-0.15, -0.1) is 11.3 Å². The van der Waals surface area contributed by atoms with Crippen molar-refractivity contribution >= 4 is 62.0 Å².